The van der Waals surface area contributed by atoms with E-state index in [4.69, 9.17) is 0 Å². The van der Waals surface area contributed by atoms with Crippen LogP contribution in [0.4, 0.5) is 5.69 Å². The second-order valence-electron chi connectivity index (χ2n) is 7.90. The molecule has 1 fully saturated rings. The predicted octanol–water partition coefficient (Wildman–Crippen LogP) is 4.31. The van der Waals surface area contributed by atoms with Crippen LogP contribution in [0.25, 0.3) is 0 Å². The van der Waals surface area contributed by atoms with Crippen molar-refractivity contribution in [3.05, 3.63) is 53.6 Å². The zero-order valence-corrected chi connectivity index (χ0v) is 17.4. The minimum Gasteiger partial charge on any atom is -0.508 e. The minimum absolute atomic E-state index is 0.0125. The highest BCUT2D eigenvalue weighted by molar-refractivity contribution is 8.00. The van der Waals surface area contributed by atoms with Crippen LogP contribution in [0, 0.1) is 5.92 Å². The van der Waals surface area contributed by atoms with Crippen molar-refractivity contribution in [1.29, 1.82) is 0 Å². The molecule has 0 radical (unpaired) electrons. The summed E-state index contributed by atoms with van der Waals surface area (Å²) in [5, 5.41) is 12.2. The first-order valence-corrected chi connectivity index (χ1v) is 11.1. The number of thioether (sulfide) groups is 1. The maximum atomic E-state index is 12.9. The molecular formula is C23H26N2O3S. The number of anilines is 1. The highest BCUT2D eigenvalue weighted by Crippen LogP contribution is 2.36. The molecule has 29 heavy (non-hydrogen) atoms. The monoisotopic (exact) mass is 410 g/mol. The van der Waals surface area contributed by atoms with Gasteiger partial charge >= 0.3 is 0 Å². The van der Waals surface area contributed by atoms with Crippen LogP contribution >= 0.6 is 11.8 Å². The summed E-state index contributed by atoms with van der Waals surface area (Å²) in [5.74, 6) is 0.952. The first-order valence-electron chi connectivity index (χ1n) is 10.2. The fraction of sp³-hybridized carbons (Fsp3) is 0.391. The molecule has 0 saturated carbocycles. The smallest absolute Gasteiger partial charge is 0.253 e. The fourth-order valence-electron chi connectivity index (χ4n) is 3.98. The van der Waals surface area contributed by atoms with Gasteiger partial charge in [-0.1, -0.05) is 12.1 Å². The number of carbonyl (C=O) groups is 2. The van der Waals surface area contributed by atoms with Gasteiger partial charge in [0.05, 0.1) is 10.9 Å². The van der Waals surface area contributed by atoms with Gasteiger partial charge in [-0.15, -0.1) is 11.8 Å². The van der Waals surface area contributed by atoms with E-state index < -0.39 is 0 Å². The Kier molecular flexibility index (Phi) is 5.81. The number of nitrogens with zero attached hydrogens (tertiary/aromatic N) is 1. The molecule has 1 unspecified atom stereocenters. The first-order chi connectivity index (χ1) is 14.0. The molecule has 2 N–H and O–H groups in total. The number of phenolic OH excluding ortho intramolecular Hbond substituents is 1. The third-order valence-electron chi connectivity index (χ3n) is 5.84. The van der Waals surface area contributed by atoms with Crippen LogP contribution in [0.1, 0.15) is 42.1 Å². The van der Waals surface area contributed by atoms with Gasteiger partial charge in [0.1, 0.15) is 5.75 Å². The number of hydrogen-bond donors (Lipinski definition) is 2. The Morgan fingerprint density at radius 1 is 1.17 bits per heavy atom. The van der Waals surface area contributed by atoms with E-state index >= 15 is 0 Å². The molecule has 0 spiro atoms. The molecule has 152 valence electrons. The number of aryl methyl sites for hydroxylation is 1. The summed E-state index contributed by atoms with van der Waals surface area (Å²) in [6.07, 6.45) is 4.13. The number of nitrogens with one attached hydrogen (secondary N) is 1. The average molecular weight is 411 g/mol. The van der Waals surface area contributed by atoms with Crippen molar-refractivity contribution in [2.45, 2.75) is 42.8 Å². The predicted molar refractivity (Wildman–Crippen MR) is 115 cm³/mol. The van der Waals surface area contributed by atoms with Crippen molar-refractivity contribution in [1.82, 2.24) is 4.90 Å². The zero-order chi connectivity index (χ0) is 20.4. The van der Waals surface area contributed by atoms with Gasteiger partial charge in [0.2, 0.25) is 5.91 Å². The van der Waals surface area contributed by atoms with Crippen LogP contribution in [0.15, 0.2) is 47.4 Å². The molecule has 2 heterocycles. The SMILES string of the molecule is CC1Sc2ccc(C(=O)N3CCC(CCc4ccc(O)cc4)CC3)cc2NC1=O. The zero-order valence-electron chi connectivity index (χ0n) is 16.6. The number of aromatic hydroxyl groups is 1. The standard InChI is InChI=1S/C23H26N2O3S/c1-15-22(27)24-20-14-18(6-9-21(20)29-15)23(28)25-12-10-17(11-13-25)3-2-16-4-7-19(26)8-5-16/h4-9,14-15,17,26H,2-3,10-13H2,1H3,(H,24,27). The molecule has 1 atom stereocenters. The topological polar surface area (TPSA) is 69.6 Å². The fourth-order valence-corrected chi connectivity index (χ4v) is 4.91. The van der Waals surface area contributed by atoms with E-state index in [2.05, 4.69) is 5.32 Å². The van der Waals surface area contributed by atoms with E-state index in [1.165, 1.54) is 17.3 Å². The number of likely N-dealkylation sites (tertiary alicyclic amines) is 1. The van der Waals surface area contributed by atoms with Crippen molar-refractivity contribution in [2.24, 2.45) is 5.92 Å². The lowest BCUT2D eigenvalue weighted by Crippen LogP contribution is -2.38. The lowest BCUT2D eigenvalue weighted by Gasteiger charge is -2.32. The van der Waals surface area contributed by atoms with Crippen LogP contribution in [0.5, 0.6) is 5.75 Å². The van der Waals surface area contributed by atoms with Crippen LogP contribution in [-0.2, 0) is 11.2 Å². The van der Waals surface area contributed by atoms with E-state index in [0.717, 1.165) is 49.4 Å². The van der Waals surface area contributed by atoms with Gasteiger partial charge < -0.3 is 15.3 Å². The molecule has 0 aromatic heterocycles. The van der Waals surface area contributed by atoms with Gasteiger partial charge in [-0.3, -0.25) is 9.59 Å². The highest BCUT2D eigenvalue weighted by atomic mass is 32.2. The number of amides is 2. The minimum atomic E-state index is -0.107. The quantitative estimate of drug-likeness (QED) is 0.788. The third kappa shape index (κ3) is 4.58. The molecule has 0 bridgehead atoms. The van der Waals surface area contributed by atoms with E-state index in [0.29, 0.717) is 17.2 Å². The van der Waals surface area contributed by atoms with Crippen molar-refractivity contribution < 1.29 is 14.7 Å². The summed E-state index contributed by atoms with van der Waals surface area (Å²) in [6.45, 7) is 3.43. The maximum Gasteiger partial charge on any atom is 0.253 e. The Hall–Kier alpha value is -2.47. The molecule has 0 aliphatic carbocycles. The Bertz CT molecular complexity index is 905. The van der Waals surface area contributed by atoms with Gasteiger partial charge in [0.25, 0.3) is 5.91 Å². The van der Waals surface area contributed by atoms with E-state index in [-0.39, 0.29) is 17.1 Å². The Balaban J connectivity index is 1.31. The molecular weight excluding hydrogens is 384 g/mol. The lowest BCUT2D eigenvalue weighted by atomic mass is 9.90. The summed E-state index contributed by atoms with van der Waals surface area (Å²) < 4.78 is 0. The summed E-state index contributed by atoms with van der Waals surface area (Å²) in [5.41, 5.74) is 2.62. The number of fused-ring (bicyclic) bond motifs is 1. The first kappa shape index (κ1) is 19.8. The van der Waals surface area contributed by atoms with Gasteiger partial charge in [-0.2, -0.15) is 0 Å². The Morgan fingerprint density at radius 2 is 1.90 bits per heavy atom. The molecule has 2 aliphatic heterocycles. The Labute approximate surface area is 175 Å². The molecule has 2 aromatic carbocycles. The number of hydrogen-bond acceptors (Lipinski definition) is 4. The average Bonchev–Trinajstić information content (AvgIpc) is 2.74. The summed E-state index contributed by atoms with van der Waals surface area (Å²) in [7, 11) is 0. The van der Waals surface area contributed by atoms with E-state index in [1.54, 1.807) is 12.1 Å². The van der Waals surface area contributed by atoms with Crippen molar-refractivity contribution in [3.63, 3.8) is 0 Å². The molecule has 1 saturated heterocycles. The molecule has 2 amide bonds. The van der Waals surface area contributed by atoms with Crippen LogP contribution in [0.2, 0.25) is 0 Å². The number of carbonyl (C=O) groups excluding carboxylic acids is 2. The summed E-state index contributed by atoms with van der Waals surface area (Å²) in [6, 6.07) is 13.0. The summed E-state index contributed by atoms with van der Waals surface area (Å²) >= 11 is 1.53. The number of benzene rings is 2. The van der Waals surface area contributed by atoms with Crippen molar-refractivity contribution >= 4 is 29.3 Å². The largest absolute Gasteiger partial charge is 0.508 e. The van der Waals surface area contributed by atoms with Crippen molar-refractivity contribution in [2.75, 3.05) is 18.4 Å². The van der Waals surface area contributed by atoms with Crippen LogP contribution < -0.4 is 5.32 Å². The number of rotatable bonds is 4. The second-order valence-corrected chi connectivity index (χ2v) is 9.28. The molecule has 2 aliphatic rings. The van der Waals surface area contributed by atoms with Crippen LogP contribution in [-0.4, -0.2) is 40.2 Å². The van der Waals surface area contributed by atoms with Gasteiger partial charge in [0.15, 0.2) is 0 Å². The Morgan fingerprint density at radius 3 is 2.62 bits per heavy atom. The van der Waals surface area contributed by atoms with Crippen molar-refractivity contribution in [3.8, 4) is 5.75 Å². The van der Waals surface area contributed by atoms with Gasteiger partial charge in [-0.05, 0) is 74.4 Å². The van der Waals surface area contributed by atoms with Gasteiger partial charge in [-0.25, -0.2) is 0 Å². The second kappa shape index (κ2) is 8.49. The molecule has 2 aromatic rings. The molecule has 4 rings (SSSR count). The highest BCUT2D eigenvalue weighted by Gasteiger charge is 2.26. The summed E-state index contributed by atoms with van der Waals surface area (Å²) in [4.78, 5) is 27.8. The van der Waals surface area contributed by atoms with E-state index in [1.807, 2.05) is 42.2 Å². The number of phenols is 1. The lowest BCUT2D eigenvalue weighted by molar-refractivity contribution is -0.115. The normalized spacial score (nSPS) is 19.6. The van der Waals surface area contributed by atoms with Crippen LogP contribution in [0.3, 0.4) is 0 Å². The third-order valence-corrected chi connectivity index (χ3v) is 7.01. The number of piperidine rings is 1. The van der Waals surface area contributed by atoms with E-state index in [9.17, 15) is 14.7 Å². The molecule has 5 nitrogen and oxygen atoms in total. The molecule has 6 heteroatoms. The maximum absolute atomic E-state index is 12.9. The van der Waals surface area contributed by atoms with Gasteiger partial charge in [0, 0.05) is 23.5 Å².